The lowest BCUT2D eigenvalue weighted by Crippen LogP contribution is -2.01. The number of anilines is 1. The van der Waals surface area contributed by atoms with Gasteiger partial charge in [-0.15, -0.1) is 0 Å². The number of nitrogens with two attached hydrogens (primary N) is 1. The quantitative estimate of drug-likeness (QED) is 0.616. The van der Waals surface area contributed by atoms with E-state index >= 15 is 0 Å². The number of thiazole rings is 1. The molecule has 0 radical (unpaired) electrons. The van der Waals surface area contributed by atoms with Crippen molar-refractivity contribution in [2.24, 2.45) is 0 Å². The fourth-order valence-corrected chi connectivity index (χ4v) is 3.11. The van der Waals surface area contributed by atoms with Crippen molar-refractivity contribution in [1.29, 1.82) is 0 Å². The van der Waals surface area contributed by atoms with Crippen molar-refractivity contribution in [3.8, 4) is 16.3 Å². The topological polar surface area (TPSA) is 69.6 Å². The summed E-state index contributed by atoms with van der Waals surface area (Å²) in [5.74, 6) is 0.584. The number of nitrogens with zero attached hydrogens (tertiary/aromatic N) is 4. The molecule has 0 atom stereocenters. The van der Waals surface area contributed by atoms with E-state index in [0.717, 1.165) is 26.6 Å². The molecule has 102 valence electrons. The van der Waals surface area contributed by atoms with Crippen LogP contribution in [0.25, 0.3) is 26.6 Å². The minimum atomic E-state index is 0.584. The van der Waals surface area contributed by atoms with Crippen molar-refractivity contribution in [2.75, 3.05) is 5.73 Å². The van der Waals surface area contributed by atoms with Crippen molar-refractivity contribution >= 4 is 27.5 Å². The van der Waals surface area contributed by atoms with E-state index in [9.17, 15) is 0 Å². The van der Waals surface area contributed by atoms with Crippen LogP contribution in [0.3, 0.4) is 0 Å². The van der Waals surface area contributed by atoms with E-state index in [1.165, 1.54) is 11.3 Å². The Morgan fingerprint density at radius 3 is 2.71 bits per heavy atom. The highest BCUT2D eigenvalue weighted by molar-refractivity contribution is 7.21. The summed E-state index contributed by atoms with van der Waals surface area (Å²) in [5, 5.41) is 5.21. The molecule has 6 heteroatoms. The van der Waals surface area contributed by atoms with Gasteiger partial charge in [-0.2, -0.15) is 5.10 Å². The van der Waals surface area contributed by atoms with Gasteiger partial charge in [-0.05, 0) is 24.3 Å². The molecule has 0 saturated heterocycles. The zero-order valence-electron chi connectivity index (χ0n) is 11.0. The Balaban J connectivity index is 1.85. The number of hydrogen-bond donors (Lipinski definition) is 1. The van der Waals surface area contributed by atoms with Crippen LogP contribution in [-0.4, -0.2) is 19.7 Å². The predicted molar refractivity (Wildman–Crippen MR) is 84.4 cm³/mol. The van der Waals surface area contributed by atoms with Crippen LogP contribution in [0.4, 0.5) is 5.82 Å². The van der Waals surface area contributed by atoms with Gasteiger partial charge >= 0.3 is 0 Å². The Hall–Kier alpha value is -2.73. The molecule has 0 aliphatic rings. The third-order valence-corrected chi connectivity index (χ3v) is 4.22. The SMILES string of the molecule is Nc1c(-c2nc3cccnc3s2)cnn1-c1ccccc1. The van der Waals surface area contributed by atoms with Crippen LogP contribution < -0.4 is 5.73 Å². The van der Waals surface area contributed by atoms with Crippen LogP contribution in [-0.2, 0) is 0 Å². The van der Waals surface area contributed by atoms with E-state index in [1.807, 2.05) is 42.5 Å². The Morgan fingerprint density at radius 1 is 1.05 bits per heavy atom. The minimum absolute atomic E-state index is 0.584. The maximum atomic E-state index is 6.24. The molecule has 3 aromatic heterocycles. The summed E-state index contributed by atoms with van der Waals surface area (Å²) in [4.78, 5) is 9.79. The van der Waals surface area contributed by atoms with E-state index in [2.05, 4.69) is 15.1 Å². The van der Waals surface area contributed by atoms with Crippen LogP contribution in [0.2, 0.25) is 0 Å². The van der Waals surface area contributed by atoms with E-state index in [4.69, 9.17) is 5.73 Å². The number of nitrogen functional groups attached to an aromatic ring is 1. The van der Waals surface area contributed by atoms with Crippen LogP contribution in [0.1, 0.15) is 0 Å². The molecule has 4 aromatic rings. The third-order valence-electron chi connectivity index (χ3n) is 3.20. The second-order valence-corrected chi connectivity index (χ2v) is 5.52. The first-order chi connectivity index (χ1) is 10.3. The van der Waals surface area contributed by atoms with Gasteiger partial charge in [0.15, 0.2) is 0 Å². The number of benzene rings is 1. The van der Waals surface area contributed by atoms with Crippen LogP contribution >= 0.6 is 11.3 Å². The van der Waals surface area contributed by atoms with Crippen molar-refractivity contribution in [2.45, 2.75) is 0 Å². The molecule has 0 aliphatic carbocycles. The molecular weight excluding hydrogens is 282 g/mol. The lowest BCUT2D eigenvalue weighted by molar-refractivity contribution is 0.891. The second-order valence-electron chi connectivity index (χ2n) is 4.54. The van der Waals surface area contributed by atoms with E-state index in [0.29, 0.717) is 5.82 Å². The highest BCUT2D eigenvalue weighted by atomic mass is 32.1. The molecule has 1 aromatic carbocycles. The fourth-order valence-electron chi connectivity index (χ4n) is 2.18. The zero-order chi connectivity index (χ0) is 14.2. The average molecular weight is 293 g/mol. The zero-order valence-corrected chi connectivity index (χ0v) is 11.8. The first-order valence-electron chi connectivity index (χ1n) is 6.44. The summed E-state index contributed by atoms with van der Waals surface area (Å²) < 4.78 is 1.72. The van der Waals surface area contributed by atoms with Gasteiger partial charge in [0.05, 0.1) is 17.4 Å². The molecule has 0 bridgehead atoms. The molecule has 2 N–H and O–H groups in total. The summed E-state index contributed by atoms with van der Waals surface area (Å²) in [6, 6.07) is 13.6. The van der Waals surface area contributed by atoms with Gasteiger partial charge < -0.3 is 5.73 Å². The summed E-state index contributed by atoms with van der Waals surface area (Å²) in [7, 11) is 0. The Labute approximate surface area is 124 Å². The number of rotatable bonds is 2. The highest BCUT2D eigenvalue weighted by Gasteiger charge is 2.15. The second kappa shape index (κ2) is 4.68. The third kappa shape index (κ3) is 1.96. The summed E-state index contributed by atoms with van der Waals surface area (Å²) in [6.45, 7) is 0. The van der Waals surface area contributed by atoms with Gasteiger partial charge in [0, 0.05) is 6.20 Å². The number of pyridine rings is 1. The lowest BCUT2D eigenvalue weighted by atomic mass is 10.3. The molecule has 0 amide bonds. The Kier molecular flexibility index (Phi) is 2.68. The van der Waals surface area contributed by atoms with E-state index in [-0.39, 0.29) is 0 Å². The van der Waals surface area contributed by atoms with Gasteiger partial charge in [0.1, 0.15) is 21.2 Å². The standard InChI is InChI=1S/C15H11N5S/c16-13-11(9-18-20(13)10-5-2-1-3-6-10)14-19-12-7-4-8-17-15(12)21-14/h1-9H,16H2. The number of para-hydroxylation sites is 1. The van der Waals surface area contributed by atoms with Gasteiger partial charge in [0.25, 0.3) is 0 Å². The number of aromatic nitrogens is 4. The molecule has 0 spiro atoms. The van der Waals surface area contributed by atoms with E-state index in [1.54, 1.807) is 17.1 Å². The first kappa shape index (κ1) is 12.0. The number of fused-ring (bicyclic) bond motifs is 1. The predicted octanol–water partition coefficient (Wildman–Crippen LogP) is 3.13. The van der Waals surface area contributed by atoms with Gasteiger partial charge in [-0.1, -0.05) is 29.5 Å². The normalized spacial score (nSPS) is 11.0. The Morgan fingerprint density at radius 2 is 1.90 bits per heavy atom. The monoisotopic (exact) mass is 293 g/mol. The first-order valence-corrected chi connectivity index (χ1v) is 7.25. The van der Waals surface area contributed by atoms with Gasteiger partial charge in [-0.25, -0.2) is 14.6 Å². The average Bonchev–Trinajstić information content (AvgIpc) is 3.11. The lowest BCUT2D eigenvalue weighted by Gasteiger charge is -2.03. The molecule has 21 heavy (non-hydrogen) atoms. The molecule has 0 aliphatic heterocycles. The summed E-state index contributed by atoms with van der Waals surface area (Å²) in [5.41, 5.74) is 8.88. The Bertz CT molecular complexity index is 877. The fraction of sp³-hybridized carbons (Fsp3) is 0. The van der Waals surface area contributed by atoms with E-state index < -0.39 is 0 Å². The van der Waals surface area contributed by atoms with Crippen molar-refractivity contribution in [1.82, 2.24) is 19.7 Å². The molecule has 3 heterocycles. The van der Waals surface area contributed by atoms with Crippen LogP contribution in [0.5, 0.6) is 0 Å². The highest BCUT2D eigenvalue weighted by Crippen LogP contribution is 2.33. The summed E-state index contributed by atoms with van der Waals surface area (Å²) >= 11 is 1.52. The maximum absolute atomic E-state index is 6.24. The largest absolute Gasteiger partial charge is 0.383 e. The minimum Gasteiger partial charge on any atom is -0.383 e. The summed E-state index contributed by atoms with van der Waals surface area (Å²) in [6.07, 6.45) is 3.51. The molecule has 4 rings (SSSR count). The molecule has 0 unspecified atom stereocenters. The van der Waals surface area contributed by atoms with Crippen molar-refractivity contribution < 1.29 is 0 Å². The smallest absolute Gasteiger partial charge is 0.143 e. The van der Waals surface area contributed by atoms with Crippen molar-refractivity contribution in [3.05, 3.63) is 54.9 Å². The van der Waals surface area contributed by atoms with Gasteiger partial charge in [-0.3, -0.25) is 0 Å². The molecule has 0 fully saturated rings. The number of hydrogen-bond acceptors (Lipinski definition) is 5. The molecular formula is C15H11N5S. The molecule has 5 nitrogen and oxygen atoms in total. The van der Waals surface area contributed by atoms with Gasteiger partial charge in [0.2, 0.25) is 0 Å². The maximum Gasteiger partial charge on any atom is 0.143 e. The van der Waals surface area contributed by atoms with Crippen LogP contribution in [0.15, 0.2) is 54.9 Å². The van der Waals surface area contributed by atoms with Crippen molar-refractivity contribution in [3.63, 3.8) is 0 Å². The van der Waals surface area contributed by atoms with Crippen LogP contribution in [0, 0.1) is 0 Å². The molecule has 0 saturated carbocycles.